The zero-order valence-electron chi connectivity index (χ0n) is 14.5. The third kappa shape index (κ3) is 3.17. The third-order valence-electron chi connectivity index (χ3n) is 4.42. The molecule has 0 spiro atoms. The van der Waals surface area contributed by atoms with Crippen LogP contribution in [0.15, 0.2) is 46.1 Å². The SMILES string of the molecule is Cc1ccc(C(=O)N2CCCn3c(nc(Cn4ccnc4)cc3=O)C2)o1. The smallest absolute Gasteiger partial charge is 0.289 e. The first-order valence-electron chi connectivity index (χ1n) is 8.51. The Kier molecular flexibility index (Phi) is 4.16. The van der Waals surface area contributed by atoms with Crippen molar-refractivity contribution in [3.8, 4) is 0 Å². The third-order valence-corrected chi connectivity index (χ3v) is 4.42. The Morgan fingerprint density at radius 3 is 2.92 bits per heavy atom. The minimum Gasteiger partial charge on any atom is -0.456 e. The molecule has 26 heavy (non-hydrogen) atoms. The summed E-state index contributed by atoms with van der Waals surface area (Å²) in [4.78, 5) is 35.5. The number of aromatic nitrogens is 4. The second kappa shape index (κ2) is 6.62. The fraction of sp³-hybridized carbons (Fsp3) is 0.333. The average molecular weight is 353 g/mol. The molecule has 0 bridgehead atoms. The molecule has 4 heterocycles. The number of rotatable bonds is 3. The Hall–Kier alpha value is -3.16. The molecule has 4 rings (SSSR count). The largest absolute Gasteiger partial charge is 0.456 e. The van der Waals surface area contributed by atoms with Crippen LogP contribution >= 0.6 is 0 Å². The molecule has 0 atom stereocenters. The highest BCUT2D eigenvalue weighted by Gasteiger charge is 2.24. The van der Waals surface area contributed by atoms with Gasteiger partial charge in [-0.15, -0.1) is 0 Å². The highest BCUT2D eigenvalue weighted by Crippen LogP contribution is 2.15. The summed E-state index contributed by atoms with van der Waals surface area (Å²) in [5.74, 6) is 1.43. The molecular weight excluding hydrogens is 334 g/mol. The van der Waals surface area contributed by atoms with Crippen LogP contribution < -0.4 is 5.56 Å². The molecule has 8 heteroatoms. The number of aryl methyl sites for hydroxylation is 1. The summed E-state index contributed by atoms with van der Waals surface area (Å²) in [6.07, 6.45) is 5.88. The molecule has 0 saturated heterocycles. The number of imidazole rings is 1. The van der Waals surface area contributed by atoms with Gasteiger partial charge in [-0.25, -0.2) is 9.97 Å². The van der Waals surface area contributed by atoms with E-state index in [1.807, 2.05) is 10.8 Å². The topological polar surface area (TPSA) is 86.2 Å². The lowest BCUT2D eigenvalue weighted by Gasteiger charge is -2.19. The van der Waals surface area contributed by atoms with E-state index >= 15 is 0 Å². The van der Waals surface area contributed by atoms with Crippen molar-refractivity contribution in [3.05, 3.63) is 70.3 Å². The van der Waals surface area contributed by atoms with E-state index in [0.717, 1.165) is 0 Å². The average Bonchev–Trinajstić information content (AvgIpc) is 3.22. The van der Waals surface area contributed by atoms with E-state index in [0.29, 0.717) is 49.1 Å². The van der Waals surface area contributed by atoms with Crippen LogP contribution in [0.4, 0.5) is 0 Å². The number of nitrogens with zero attached hydrogens (tertiary/aromatic N) is 5. The quantitative estimate of drug-likeness (QED) is 0.711. The van der Waals surface area contributed by atoms with Gasteiger partial charge in [0.25, 0.3) is 11.5 Å². The van der Waals surface area contributed by atoms with Crippen LogP contribution in [0.1, 0.15) is 34.3 Å². The van der Waals surface area contributed by atoms with Gasteiger partial charge in [0.2, 0.25) is 0 Å². The lowest BCUT2D eigenvalue weighted by molar-refractivity contribution is 0.0710. The van der Waals surface area contributed by atoms with Gasteiger partial charge in [-0.3, -0.25) is 14.2 Å². The standard InChI is InChI=1S/C18H19N5O3/c1-13-3-4-15(26-13)18(25)22-6-2-7-23-16(11-22)20-14(9-17(23)24)10-21-8-5-19-12-21/h3-5,8-9,12H,2,6-7,10-11H2,1H3. The van der Waals surface area contributed by atoms with Crippen LogP contribution in [0.25, 0.3) is 0 Å². The van der Waals surface area contributed by atoms with Gasteiger partial charge in [-0.05, 0) is 25.5 Å². The maximum absolute atomic E-state index is 12.7. The molecule has 1 amide bonds. The number of amides is 1. The maximum atomic E-state index is 12.7. The molecule has 0 radical (unpaired) electrons. The lowest BCUT2D eigenvalue weighted by atomic mass is 10.3. The molecule has 0 aliphatic carbocycles. The van der Waals surface area contributed by atoms with Crippen LogP contribution in [-0.2, 0) is 19.6 Å². The first-order valence-corrected chi connectivity index (χ1v) is 8.51. The minimum absolute atomic E-state index is 0.0896. The first kappa shape index (κ1) is 16.3. The predicted octanol–water partition coefficient (Wildman–Crippen LogP) is 1.44. The van der Waals surface area contributed by atoms with Gasteiger partial charge in [0.05, 0.1) is 25.1 Å². The van der Waals surface area contributed by atoms with Gasteiger partial charge >= 0.3 is 0 Å². The number of hydrogen-bond acceptors (Lipinski definition) is 5. The number of hydrogen-bond donors (Lipinski definition) is 0. The van der Waals surface area contributed by atoms with Gasteiger partial charge < -0.3 is 13.9 Å². The molecule has 3 aromatic rings. The molecule has 0 aromatic carbocycles. The predicted molar refractivity (Wildman–Crippen MR) is 92.6 cm³/mol. The zero-order chi connectivity index (χ0) is 18.1. The van der Waals surface area contributed by atoms with Gasteiger partial charge in [0, 0.05) is 31.5 Å². The van der Waals surface area contributed by atoms with E-state index < -0.39 is 0 Å². The monoisotopic (exact) mass is 353 g/mol. The first-order chi connectivity index (χ1) is 12.6. The van der Waals surface area contributed by atoms with Gasteiger partial charge in [-0.1, -0.05) is 0 Å². The number of furan rings is 1. The van der Waals surface area contributed by atoms with E-state index in [1.165, 1.54) is 0 Å². The fourth-order valence-electron chi connectivity index (χ4n) is 3.16. The van der Waals surface area contributed by atoms with Gasteiger partial charge in [-0.2, -0.15) is 0 Å². The van der Waals surface area contributed by atoms with Crippen molar-refractivity contribution in [2.24, 2.45) is 0 Å². The zero-order valence-corrected chi connectivity index (χ0v) is 14.5. The fourth-order valence-corrected chi connectivity index (χ4v) is 3.16. The molecule has 3 aromatic heterocycles. The minimum atomic E-state index is -0.180. The molecule has 1 aliphatic rings. The van der Waals surface area contributed by atoms with Crippen LogP contribution in [0.2, 0.25) is 0 Å². The van der Waals surface area contributed by atoms with E-state index in [4.69, 9.17) is 4.42 Å². The Bertz CT molecular complexity index is 987. The summed E-state index contributed by atoms with van der Waals surface area (Å²) >= 11 is 0. The van der Waals surface area contributed by atoms with E-state index in [2.05, 4.69) is 9.97 Å². The highest BCUT2D eigenvalue weighted by molar-refractivity contribution is 5.91. The summed E-state index contributed by atoms with van der Waals surface area (Å²) in [6.45, 7) is 3.66. The van der Waals surface area contributed by atoms with Gasteiger partial charge in [0.1, 0.15) is 11.6 Å². The van der Waals surface area contributed by atoms with Crippen LogP contribution in [0.3, 0.4) is 0 Å². The van der Waals surface area contributed by atoms with Crippen LogP contribution in [0.5, 0.6) is 0 Å². The number of fused-ring (bicyclic) bond motifs is 1. The summed E-state index contributed by atoms with van der Waals surface area (Å²) < 4.78 is 8.96. The normalized spacial score (nSPS) is 14.1. The second-order valence-corrected chi connectivity index (χ2v) is 6.38. The Morgan fingerprint density at radius 1 is 1.31 bits per heavy atom. The second-order valence-electron chi connectivity index (χ2n) is 6.38. The van der Waals surface area contributed by atoms with E-state index in [9.17, 15) is 9.59 Å². The molecule has 8 nitrogen and oxygen atoms in total. The molecule has 0 N–H and O–H groups in total. The van der Waals surface area contributed by atoms with Crippen LogP contribution in [0, 0.1) is 6.92 Å². The lowest BCUT2D eigenvalue weighted by Crippen LogP contribution is -2.32. The van der Waals surface area contributed by atoms with Crippen molar-refractivity contribution in [2.45, 2.75) is 33.0 Å². The summed E-state index contributed by atoms with van der Waals surface area (Å²) in [5.41, 5.74) is 0.565. The maximum Gasteiger partial charge on any atom is 0.289 e. The molecule has 1 aliphatic heterocycles. The molecular formula is C18H19N5O3. The molecule has 0 saturated carbocycles. The summed E-state index contributed by atoms with van der Waals surface area (Å²) in [6, 6.07) is 5.00. The van der Waals surface area contributed by atoms with Crippen LogP contribution in [-0.4, -0.2) is 36.5 Å². The summed E-state index contributed by atoms with van der Waals surface area (Å²) in [7, 11) is 0. The Balaban J connectivity index is 1.63. The summed E-state index contributed by atoms with van der Waals surface area (Å²) in [5, 5.41) is 0. The van der Waals surface area contributed by atoms with Crippen molar-refractivity contribution >= 4 is 5.91 Å². The van der Waals surface area contributed by atoms with E-state index in [-0.39, 0.29) is 18.0 Å². The van der Waals surface area contributed by atoms with Crippen molar-refractivity contribution in [2.75, 3.05) is 6.54 Å². The molecule has 134 valence electrons. The van der Waals surface area contributed by atoms with Crippen molar-refractivity contribution in [1.82, 2.24) is 24.0 Å². The van der Waals surface area contributed by atoms with Crippen molar-refractivity contribution < 1.29 is 9.21 Å². The highest BCUT2D eigenvalue weighted by atomic mass is 16.3. The number of carbonyl (C=O) groups excluding carboxylic acids is 1. The number of carbonyl (C=O) groups is 1. The van der Waals surface area contributed by atoms with Crippen molar-refractivity contribution in [3.63, 3.8) is 0 Å². The van der Waals surface area contributed by atoms with E-state index in [1.54, 1.807) is 47.1 Å². The Morgan fingerprint density at radius 2 is 2.19 bits per heavy atom. The molecule has 0 unspecified atom stereocenters. The van der Waals surface area contributed by atoms with Gasteiger partial charge in [0.15, 0.2) is 5.76 Å². The molecule has 0 fully saturated rings. The van der Waals surface area contributed by atoms with Crippen molar-refractivity contribution in [1.29, 1.82) is 0 Å². The Labute approximate surface area is 149 Å².